The van der Waals surface area contributed by atoms with Gasteiger partial charge >= 0.3 is 6.03 Å². The number of hydrogen-bond acceptors (Lipinski definition) is 2. The summed E-state index contributed by atoms with van der Waals surface area (Å²) in [5.41, 5.74) is 8.09. The van der Waals surface area contributed by atoms with Gasteiger partial charge < -0.3 is 11.1 Å². The van der Waals surface area contributed by atoms with Crippen LogP contribution in [0, 0.1) is 0 Å². The van der Waals surface area contributed by atoms with Gasteiger partial charge in [0.25, 0.3) is 0 Å². The molecule has 0 saturated heterocycles. The summed E-state index contributed by atoms with van der Waals surface area (Å²) >= 11 is 0. The average Bonchev–Trinajstić information content (AvgIpc) is 2.39. The molecule has 1 heterocycles. The van der Waals surface area contributed by atoms with E-state index in [2.05, 4.69) is 12.2 Å². The zero-order valence-corrected chi connectivity index (χ0v) is 10.9. The minimum absolute atomic E-state index is 0.0113. The molecule has 4 nitrogen and oxygen atoms in total. The Morgan fingerprint density at radius 2 is 2.28 bits per heavy atom. The summed E-state index contributed by atoms with van der Waals surface area (Å²) in [7, 11) is 0. The third-order valence-corrected chi connectivity index (χ3v) is 3.34. The van der Waals surface area contributed by atoms with Gasteiger partial charge in [0.2, 0.25) is 0 Å². The SMILES string of the molecule is CCCCNC(=O)N1CCC(N)c2ccccc21. The van der Waals surface area contributed by atoms with Gasteiger partial charge in [0, 0.05) is 19.1 Å². The Balaban J connectivity index is 2.11. The van der Waals surface area contributed by atoms with Gasteiger partial charge in [-0.05, 0) is 24.5 Å². The van der Waals surface area contributed by atoms with Crippen molar-refractivity contribution in [2.75, 3.05) is 18.0 Å². The fraction of sp³-hybridized carbons (Fsp3) is 0.500. The maximum atomic E-state index is 12.1. The largest absolute Gasteiger partial charge is 0.338 e. The van der Waals surface area contributed by atoms with E-state index >= 15 is 0 Å². The fourth-order valence-corrected chi connectivity index (χ4v) is 2.27. The number of fused-ring (bicyclic) bond motifs is 1. The van der Waals surface area contributed by atoms with Crippen molar-refractivity contribution in [2.45, 2.75) is 32.2 Å². The number of anilines is 1. The maximum absolute atomic E-state index is 12.1. The normalized spacial score (nSPS) is 18.3. The molecule has 1 aliphatic rings. The molecule has 3 N–H and O–H groups in total. The van der Waals surface area contributed by atoms with Crippen molar-refractivity contribution in [1.82, 2.24) is 5.32 Å². The molecule has 1 aliphatic heterocycles. The zero-order chi connectivity index (χ0) is 13.0. The number of amides is 2. The molecule has 98 valence electrons. The van der Waals surface area contributed by atoms with E-state index in [9.17, 15) is 4.79 Å². The van der Waals surface area contributed by atoms with Crippen LogP contribution in [0.4, 0.5) is 10.5 Å². The molecule has 18 heavy (non-hydrogen) atoms. The molecule has 0 fully saturated rings. The topological polar surface area (TPSA) is 58.4 Å². The molecule has 1 aromatic rings. The predicted octanol–water partition coefficient (Wildman–Crippen LogP) is 2.41. The first kappa shape index (κ1) is 12.9. The molecular formula is C14H21N3O. The summed E-state index contributed by atoms with van der Waals surface area (Å²) in [6, 6.07) is 7.92. The van der Waals surface area contributed by atoms with Crippen molar-refractivity contribution in [3.63, 3.8) is 0 Å². The first-order valence-electron chi connectivity index (χ1n) is 6.64. The molecule has 1 aromatic carbocycles. The molecule has 0 aromatic heterocycles. The lowest BCUT2D eigenvalue weighted by atomic mass is 9.97. The van der Waals surface area contributed by atoms with E-state index in [4.69, 9.17) is 5.73 Å². The van der Waals surface area contributed by atoms with Crippen LogP contribution < -0.4 is 16.0 Å². The summed E-state index contributed by atoms with van der Waals surface area (Å²) < 4.78 is 0. The van der Waals surface area contributed by atoms with Gasteiger partial charge in [0.05, 0.1) is 5.69 Å². The molecular weight excluding hydrogens is 226 g/mol. The monoisotopic (exact) mass is 247 g/mol. The smallest absolute Gasteiger partial charge is 0.321 e. The Hall–Kier alpha value is -1.55. The second-order valence-electron chi connectivity index (χ2n) is 4.69. The van der Waals surface area contributed by atoms with E-state index in [1.807, 2.05) is 24.3 Å². The minimum Gasteiger partial charge on any atom is -0.338 e. The number of nitrogens with zero attached hydrogens (tertiary/aromatic N) is 1. The summed E-state index contributed by atoms with van der Waals surface area (Å²) in [6.45, 7) is 3.54. The lowest BCUT2D eigenvalue weighted by molar-refractivity contribution is 0.245. The van der Waals surface area contributed by atoms with Crippen LogP contribution in [0.15, 0.2) is 24.3 Å². The Morgan fingerprint density at radius 1 is 1.50 bits per heavy atom. The van der Waals surface area contributed by atoms with Crippen molar-refractivity contribution in [3.8, 4) is 0 Å². The van der Waals surface area contributed by atoms with E-state index in [1.165, 1.54) is 0 Å². The summed E-state index contributed by atoms with van der Waals surface area (Å²) in [5.74, 6) is 0. The van der Waals surface area contributed by atoms with Crippen molar-refractivity contribution >= 4 is 11.7 Å². The number of carbonyl (C=O) groups is 1. The second-order valence-corrected chi connectivity index (χ2v) is 4.69. The van der Waals surface area contributed by atoms with Crippen molar-refractivity contribution in [3.05, 3.63) is 29.8 Å². The lowest BCUT2D eigenvalue weighted by Crippen LogP contribution is -2.44. The quantitative estimate of drug-likeness (QED) is 0.806. The van der Waals surface area contributed by atoms with E-state index in [0.29, 0.717) is 6.54 Å². The minimum atomic E-state index is -0.0113. The highest BCUT2D eigenvalue weighted by molar-refractivity contribution is 5.93. The summed E-state index contributed by atoms with van der Waals surface area (Å²) in [6.07, 6.45) is 2.92. The molecule has 4 heteroatoms. The number of nitrogens with one attached hydrogen (secondary N) is 1. The number of hydrogen-bond donors (Lipinski definition) is 2. The molecule has 1 atom stereocenters. The number of urea groups is 1. The van der Waals surface area contributed by atoms with Crippen LogP contribution in [-0.2, 0) is 0 Å². The molecule has 0 aliphatic carbocycles. The van der Waals surface area contributed by atoms with Crippen LogP contribution in [0.2, 0.25) is 0 Å². The van der Waals surface area contributed by atoms with Gasteiger partial charge in [-0.2, -0.15) is 0 Å². The molecule has 0 radical (unpaired) electrons. The van der Waals surface area contributed by atoms with Gasteiger partial charge in [-0.3, -0.25) is 4.90 Å². The van der Waals surface area contributed by atoms with Gasteiger partial charge in [-0.25, -0.2) is 4.79 Å². The van der Waals surface area contributed by atoms with Gasteiger partial charge in [0.15, 0.2) is 0 Å². The molecule has 0 spiro atoms. The third kappa shape index (κ3) is 2.64. The van der Waals surface area contributed by atoms with Crippen LogP contribution >= 0.6 is 0 Å². The molecule has 0 bridgehead atoms. The van der Waals surface area contributed by atoms with E-state index < -0.39 is 0 Å². The predicted molar refractivity (Wildman–Crippen MR) is 73.6 cm³/mol. The van der Waals surface area contributed by atoms with Crippen molar-refractivity contribution in [2.24, 2.45) is 5.73 Å². The number of unbranched alkanes of at least 4 members (excludes halogenated alkanes) is 1. The zero-order valence-electron chi connectivity index (χ0n) is 10.9. The fourth-order valence-electron chi connectivity index (χ4n) is 2.27. The van der Waals surface area contributed by atoms with Crippen LogP contribution in [0.5, 0.6) is 0 Å². The first-order valence-corrected chi connectivity index (χ1v) is 6.64. The summed E-state index contributed by atoms with van der Waals surface area (Å²) in [4.78, 5) is 13.9. The Kier molecular flexibility index (Phi) is 4.20. The number of para-hydroxylation sites is 1. The van der Waals surface area contributed by atoms with Crippen LogP contribution in [0.1, 0.15) is 37.8 Å². The average molecular weight is 247 g/mol. The van der Waals surface area contributed by atoms with E-state index in [1.54, 1.807) is 4.90 Å². The standard InChI is InChI=1S/C14H21N3O/c1-2-3-9-16-14(18)17-10-8-12(15)11-6-4-5-7-13(11)17/h4-7,12H,2-3,8-10,15H2,1H3,(H,16,18). The Bertz CT molecular complexity index is 419. The second kappa shape index (κ2) is 5.87. The molecule has 2 amide bonds. The van der Waals surface area contributed by atoms with Crippen LogP contribution in [0.25, 0.3) is 0 Å². The number of rotatable bonds is 3. The molecule has 1 unspecified atom stereocenters. The van der Waals surface area contributed by atoms with Gasteiger partial charge in [-0.1, -0.05) is 31.5 Å². The molecule has 0 saturated carbocycles. The highest BCUT2D eigenvalue weighted by Gasteiger charge is 2.25. The van der Waals surface area contributed by atoms with Crippen molar-refractivity contribution < 1.29 is 4.79 Å². The number of benzene rings is 1. The van der Waals surface area contributed by atoms with Gasteiger partial charge in [-0.15, -0.1) is 0 Å². The third-order valence-electron chi connectivity index (χ3n) is 3.34. The van der Waals surface area contributed by atoms with Gasteiger partial charge in [0.1, 0.15) is 0 Å². The molecule has 2 rings (SSSR count). The summed E-state index contributed by atoms with van der Waals surface area (Å²) in [5, 5.41) is 2.96. The first-order chi connectivity index (χ1) is 8.74. The van der Waals surface area contributed by atoms with E-state index in [-0.39, 0.29) is 12.1 Å². The highest BCUT2D eigenvalue weighted by Crippen LogP contribution is 2.31. The highest BCUT2D eigenvalue weighted by atomic mass is 16.2. The Labute approximate surface area is 108 Å². The van der Waals surface area contributed by atoms with Crippen molar-refractivity contribution in [1.29, 1.82) is 0 Å². The lowest BCUT2D eigenvalue weighted by Gasteiger charge is -2.32. The van der Waals surface area contributed by atoms with Crippen LogP contribution in [-0.4, -0.2) is 19.1 Å². The number of nitrogens with two attached hydrogens (primary N) is 1. The number of carbonyl (C=O) groups excluding carboxylic acids is 1. The Morgan fingerprint density at radius 3 is 3.06 bits per heavy atom. The maximum Gasteiger partial charge on any atom is 0.321 e. The van der Waals surface area contributed by atoms with E-state index in [0.717, 1.165) is 37.1 Å². The van der Waals surface area contributed by atoms with Crippen LogP contribution in [0.3, 0.4) is 0 Å².